The third kappa shape index (κ3) is 2.66. The smallest absolute Gasteiger partial charge is 0.161 e. The van der Waals surface area contributed by atoms with E-state index in [1.807, 2.05) is 18.2 Å². The van der Waals surface area contributed by atoms with E-state index in [1.54, 1.807) is 24.5 Å². The van der Waals surface area contributed by atoms with Gasteiger partial charge in [-0.05, 0) is 39.7 Å². The Labute approximate surface area is 112 Å². The molecule has 0 aliphatic carbocycles. The summed E-state index contributed by atoms with van der Waals surface area (Å²) in [5.41, 5.74) is 1.58. The molecule has 1 N–H and O–H groups in total. The van der Waals surface area contributed by atoms with Crippen LogP contribution in [0.3, 0.4) is 0 Å². The first-order valence-electron chi connectivity index (χ1n) is 5.23. The molecule has 0 spiro atoms. The van der Waals surface area contributed by atoms with Gasteiger partial charge in [0, 0.05) is 18.9 Å². The van der Waals surface area contributed by atoms with Crippen LogP contribution in [0.5, 0.6) is 0 Å². The van der Waals surface area contributed by atoms with Crippen LogP contribution in [0.2, 0.25) is 0 Å². The molecule has 0 aliphatic heterocycles. The van der Waals surface area contributed by atoms with Gasteiger partial charge in [0.2, 0.25) is 0 Å². The van der Waals surface area contributed by atoms with Gasteiger partial charge >= 0.3 is 0 Å². The minimum Gasteiger partial charge on any atom is -0.379 e. The third-order valence-electron chi connectivity index (χ3n) is 2.41. The molecule has 1 aromatic heterocycles. The Morgan fingerprint density at radius 3 is 2.89 bits per heavy atom. The van der Waals surface area contributed by atoms with Gasteiger partial charge in [0.05, 0.1) is 15.7 Å². The lowest BCUT2D eigenvalue weighted by Gasteiger charge is -2.09. The van der Waals surface area contributed by atoms with Gasteiger partial charge in [0.15, 0.2) is 5.82 Å². The van der Waals surface area contributed by atoms with Gasteiger partial charge in [-0.1, -0.05) is 6.07 Å². The minimum atomic E-state index is -0.460. The maximum absolute atomic E-state index is 13.9. The summed E-state index contributed by atoms with van der Waals surface area (Å²) in [7, 11) is 0. The second kappa shape index (κ2) is 5.61. The van der Waals surface area contributed by atoms with Crippen molar-refractivity contribution < 1.29 is 4.39 Å². The molecule has 0 radical (unpaired) electrons. The number of benzene rings is 1. The van der Waals surface area contributed by atoms with Crippen molar-refractivity contribution in [1.82, 2.24) is 4.98 Å². The zero-order valence-electron chi connectivity index (χ0n) is 9.32. The Morgan fingerprint density at radius 1 is 1.39 bits per heavy atom. The van der Waals surface area contributed by atoms with Gasteiger partial charge in [0.1, 0.15) is 6.07 Å². The molecule has 0 fully saturated rings. The highest BCUT2D eigenvalue weighted by Crippen LogP contribution is 2.26. The van der Waals surface area contributed by atoms with Crippen molar-refractivity contribution >= 4 is 21.6 Å². The number of aromatic nitrogens is 1. The second-order valence-corrected chi connectivity index (χ2v) is 4.41. The van der Waals surface area contributed by atoms with E-state index in [9.17, 15) is 4.39 Å². The lowest BCUT2D eigenvalue weighted by atomic mass is 10.2. The van der Waals surface area contributed by atoms with E-state index in [0.717, 1.165) is 5.56 Å². The summed E-state index contributed by atoms with van der Waals surface area (Å²) in [5.74, 6) is -0.460. The standard InChI is InChI=1S/C13H9BrFN3/c14-12-10(6-16)3-4-11(13(12)15)18-8-9-2-1-5-17-7-9/h1-5,7,18H,8H2. The number of nitrogens with zero attached hydrogens (tertiary/aromatic N) is 2. The predicted molar refractivity (Wildman–Crippen MR) is 70.4 cm³/mol. The quantitative estimate of drug-likeness (QED) is 0.944. The SMILES string of the molecule is N#Cc1ccc(NCc2cccnc2)c(F)c1Br. The van der Waals surface area contributed by atoms with Crippen LogP contribution in [0.1, 0.15) is 11.1 Å². The van der Waals surface area contributed by atoms with E-state index in [1.165, 1.54) is 0 Å². The van der Waals surface area contributed by atoms with Crippen LogP contribution >= 0.6 is 15.9 Å². The van der Waals surface area contributed by atoms with Gasteiger partial charge in [-0.3, -0.25) is 4.98 Å². The zero-order chi connectivity index (χ0) is 13.0. The van der Waals surface area contributed by atoms with Crippen molar-refractivity contribution in [3.05, 3.63) is 58.1 Å². The van der Waals surface area contributed by atoms with Crippen LogP contribution in [0, 0.1) is 17.1 Å². The fourth-order valence-corrected chi connectivity index (χ4v) is 1.91. The number of hydrogen-bond donors (Lipinski definition) is 1. The van der Waals surface area contributed by atoms with E-state index < -0.39 is 5.82 Å². The van der Waals surface area contributed by atoms with Crippen molar-refractivity contribution in [3.8, 4) is 6.07 Å². The average Bonchev–Trinajstić information content (AvgIpc) is 2.42. The first kappa shape index (κ1) is 12.5. The average molecular weight is 306 g/mol. The molecule has 2 rings (SSSR count). The summed E-state index contributed by atoms with van der Waals surface area (Å²) < 4.78 is 14.1. The molecule has 90 valence electrons. The molecule has 0 aliphatic rings. The maximum Gasteiger partial charge on any atom is 0.161 e. The van der Waals surface area contributed by atoms with Crippen LogP contribution in [-0.4, -0.2) is 4.98 Å². The number of hydrogen-bond acceptors (Lipinski definition) is 3. The van der Waals surface area contributed by atoms with Crippen LogP contribution in [0.4, 0.5) is 10.1 Å². The van der Waals surface area contributed by atoms with Gasteiger partial charge in [-0.15, -0.1) is 0 Å². The molecule has 1 aromatic carbocycles. The Bertz CT molecular complexity index is 593. The molecule has 3 nitrogen and oxygen atoms in total. The molecule has 0 saturated carbocycles. The summed E-state index contributed by atoms with van der Waals surface area (Å²) in [6.45, 7) is 0.475. The Morgan fingerprint density at radius 2 is 2.22 bits per heavy atom. The number of nitriles is 1. The summed E-state index contributed by atoms with van der Waals surface area (Å²) in [6.07, 6.45) is 3.39. The van der Waals surface area contributed by atoms with Crippen LogP contribution in [0.25, 0.3) is 0 Å². The fourth-order valence-electron chi connectivity index (χ4n) is 1.47. The molecule has 0 unspecified atom stereocenters. The zero-order valence-corrected chi connectivity index (χ0v) is 10.9. The molecule has 2 aromatic rings. The van der Waals surface area contributed by atoms with E-state index in [4.69, 9.17) is 5.26 Å². The summed E-state index contributed by atoms with van der Waals surface area (Å²) >= 11 is 3.07. The summed E-state index contributed by atoms with van der Waals surface area (Å²) in [5, 5.41) is 11.7. The van der Waals surface area contributed by atoms with Crippen molar-refractivity contribution in [2.24, 2.45) is 0 Å². The molecule has 0 amide bonds. The second-order valence-electron chi connectivity index (χ2n) is 3.62. The lowest BCUT2D eigenvalue weighted by molar-refractivity contribution is 0.623. The van der Waals surface area contributed by atoms with Gasteiger partial charge in [-0.25, -0.2) is 4.39 Å². The number of nitrogens with one attached hydrogen (secondary N) is 1. The van der Waals surface area contributed by atoms with Gasteiger partial charge in [-0.2, -0.15) is 5.26 Å². The molecular formula is C13H9BrFN3. The molecule has 18 heavy (non-hydrogen) atoms. The Hall–Kier alpha value is -1.93. The molecule has 0 bridgehead atoms. The fraction of sp³-hybridized carbons (Fsp3) is 0.0769. The van der Waals surface area contributed by atoms with Crippen LogP contribution in [0.15, 0.2) is 41.1 Å². The Balaban J connectivity index is 2.16. The monoisotopic (exact) mass is 305 g/mol. The maximum atomic E-state index is 13.9. The molecular weight excluding hydrogens is 297 g/mol. The highest BCUT2D eigenvalue weighted by molar-refractivity contribution is 9.10. The number of halogens is 2. The number of rotatable bonds is 3. The lowest BCUT2D eigenvalue weighted by Crippen LogP contribution is -2.02. The molecule has 1 heterocycles. The van der Waals surface area contributed by atoms with E-state index in [2.05, 4.69) is 26.2 Å². The normalized spacial score (nSPS) is 9.83. The predicted octanol–water partition coefficient (Wildman–Crippen LogP) is 3.47. The molecule has 0 atom stereocenters. The topological polar surface area (TPSA) is 48.7 Å². The Kier molecular flexibility index (Phi) is 3.90. The van der Waals surface area contributed by atoms with Crippen molar-refractivity contribution in [3.63, 3.8) is 0 Å². The first-order valence-corrected chi connectivity index (χ1v) is 6.02. The van der Waals surface area contributed by atoms with Gasteiger partial charge < -0.3 is 5.32 Å². The molecule has 0 saturated heterocycles. The first-order chi connectivity index (χ1) is 8.72. The van der Waals surface area contributed by atoms with E-state index in [-0.39, 0.29) is 10.0 Å². The van der Waals surface area contributed by atoms with Crippen LogP contribution < -0.4 is 5.32 Å². The van der Waals surface area contributed by atoms with Crippen molar-refractivity contribution in [1.29, 1.82) is 5.26 Å². The number of anilines is 1. The van der Waals surface area contributed by atoms with E-state index in [0.29, 0.717) is 12.2 Å². The number of pyridine rings is 1. The minimum absolute atomic E-state index is 0.182. The van der Waals surface area contributed by atoms with Gasteiger partial charge in [0.25, 0.3) is 0 Å². The van der Waals surface area contributed by atoms with Crippen LogP contribution in [-0.2, 0) is 6.54 Å². The highest BCUT2D eigenvalue weighted by Gasteiger charge is 2.10. The third-order valence-corrected chi connectivity index (χ3v) is 3.18. The van der Waals surface area contributed by atoms with Crippen molar-refractivity contribution in [2.45, 2.75) is 6.54 Å². The molecule has 5 heteroatoms. The summed E-state index contributed by atoms with van der Waals surface area (Å²) in [6, 6.07) is 8.75. The highest BCUT2D eigenvalue weighted by atomic mass is 79.9. The van der Waals surface area contributed by atoms with E-state index >= 15 is 0 Å². The largest absolute Gasteiger partial charge is 0.379 e. The summed E-state index contributed by atoms with van der Waals surface area (Å²) in [4.78, 5) is 3.98. The van der Waals surface area contributed by atoms with Crippen molar-refractivity contribution in [2.75, 3.05) is 5.32 Å².